The Morgan fingerprint density at radius 3 is 2.62 bits per heavy atom. The Morgan fingerprint density at radius 1 is 0.958 bits per heavy atom. The first-order valence-electron chi connectivity index (χ1n) is 9.09. The number of imidazole rings is 1. The lowest BCUT2D eigenvalue weighted by molar-refractivity contribution is 0.0915. The molecule has 2 aliphatic heterocycles. The van der Waals surface area contributed by atoms with Gasteiger partial charge in [0.2, 0.25) is 0 Å². The molecular weight excluding hydrogens is 294 g/mol. The summed E-state index contributed by atoms with van der Waals surface area (Å²) in [6, 6.07) is 18.0. The topological polar surface area (TPSA) is 31.9 Å². The molecule has 0 amide bonds. The summed E-state index contributed by atoms with van der Waals surface area (Å²) in [5.74, 6) is 1.89. The van der Waals surface area contributed by atoms with Crippen molar-refractivity contribution >= 4 is 11.0 Å². The van der Waals surface area contributed by atoms with E-state index in [1.165, 1.54) is 32.2 Å². The van der Waals surface area contributed by atoms with E-state index in [0.29, 0.717) is 6.04 Å². The molecule has 2 atom stereocenters. The van der Waals surface area contributed by atoms with Gasteiger partial charge in [0.05, 0.1) is 17.6 Å². The van der Waals surface area contributed by atoms with E-state index < -0.39 is 0 Å². The van der Waals surface area contributed by atoms with Crippen LogP contribution in [0.1, 0.15) is 29.8 Å². The average molecular weight is 317 g/mol. The summed E-state index contributed by atoms with van der Waals surface area (Å²) in [5, 5.41) is 0. The van der Waals surface area contributed by atoms with Gasteiger partial charge < -0.3 is 4.98 Å². The molecule has 1 aliphatic carbocycles. The maximum absolute atomic E-state index is 4.79. The molecule has 2 bridgehead atoms. The van der Waals surface area contributed by atoms with Crippen LogP contribution in [-0.4, -0.2) is 27.5 Å². The summed E-state index contributed by atoms with van der Waals surface area (Å²) in [5.41, 5.74) is 5.36. The van der Waals surface area contributed by atoms with Crippen molar-refractivity contribution in [2.75, 3.05) is 6.54 Å². The summed E-state index contributed by atoms with van der Waals surface area (Å²) in [4.78, 5) is 11.0. The minimum Gasteiger partial charge on any atom is -0.341 e. The number of hydrogen-bond acceptors (Lipinski definition) is 2. The van der Waals surface area contributed by atoms with Gasteiger partial charge >= 0.3 is 0 Å². The van der Waals surface area contributed by atoms with Crippen LogP contribution in [0.15, 0.2) is 48.5 Å². The van der Waals surface area contributed by atoms with Crippen LogP contribution in [0.2, 0.25) is 0 Å². The lowest BCUT2D eigenvalue weighted by atomic mass is 9.80. The second-order valence-corrected chi connectivity index (χ2v) is 7.40. The number of nitrogens with one attached hydrogen (secondary N) is 1. The molecule has 3 nitrogen and oxygen atoms in total. The van der Waals surface area contributed by atoms with E-state index in [2.05, 4.69) is 58.4 Å². The molecule has 122 valence electrons. The lowest BCUT2D eigenvalue weighted by Gasteiger charge is -2.42. The van der Waals surface area contributed by atoms with Crippen molar-refractivity contribution in [1.29, 1.82) is 0 Å². The van der Waals surface area contributed by atoms with E-state index in [-0.39, 0.29) is 0 Å². The van der Waals surface area contributed by atoms with E-state index in [1.54, 1.807) is 11.1 Å². The molecule has 1 aromatic heterocycles. The lowest BCUT2D eigenvalue weighted by Crippen LogP contribution is -2.46. The highest BCUT2D eigenvalue weighted by molar-refractivity contribution is 5.74. The number of aromatic nitrogens is 2. The van der Waals surface area contributed by atoms with Crippen LogP contribution >= 0.6 is 0 Å². The zero-order valence-electron chi connectivity index (χ0n) is 13.9. The van der Waals surface area contributed by atoms with Gasteiger partial charge in [-0.1, -0.05) is 36.4 Å². The highest BCUT2D eigenvalue weighted by Gasteiger charge is 2.32. The number of H-pyrrole nitrogens is 1. The van der Waals surface area contributed by atoms with Crippen molar-refractivity contribution in [3.63, 3.8) is 0 Å². The molecule has 6 rings (SSSR count). The highest BCUT2D eigenvalue weighted by Crippen LogP contribution is 2.32. The Balaban J connectivity index is 1.43. The number of aromatic amines is 1. The number of benzene rings is 2. The molecule has 2 aromatic carbocycles. The summed E-state index contributed by atoms with van der Waals surface area (Å²) in [7, 11) is 0. The zero-order valence-corrected chi connectivity index (χ0v) is 13.9. The monoisotopic (exact) mass is 317 g/mol. The van der Waals surface area contributed by atoms with Gasteiger partial charge in [-0.25, -0.2) is 4.98 Å². The second kappa shape index (κ2) is 5.75. The number of para-hydroxylation sites is 2. The van der Waals surface area contributed by atoms with Crippen molar-refractivity contribution in [3.05, 3.63) is 65.5 Å². The fraction of sp³-hybridized carbons (Fsp3) is 0.381. The molecule has 0 radical (unpaired) electrons. The van der Waals surface area contributed by atoms with Gasteiger partial charge in [0.1, 0.15) is 5.82 Å². The predicted octanol–water partition coefficient (Wildman–Crippen LogP) is 3.94. The van der Waals surface area contributed by atoms with Gasteiger partial charge in [0.25, 0.3) is 0 Å². The first-order valence-corrected chi connectivity index (χ1v) is 9.09. The molecule has 24 heavy (non-hydrogen) atoms. The summed E-state index contributed by atoms with van der Waals surface area (Å²) < 4.78 is 0. The molecule has 3 aliphatic rings. The minimum atomic E-state index is 0.649. The molecule has 3 heterocycles. The molecule has 0 saturated carbocycles. The van der Waals surface area contributed by atoms with Crippen LogP contribution in [0.5, 0.6) is 0 Å². The summed E-state index contributed by atoms with van der Waals surface area (Å²) in [6.07, 6.45) is 5.11. The van der Waals surface area contributed by atoms with E-state index in [1.807, 2.05) is 0 Å². The Morgan fingerprint density at radius 2 is 1.75 bits per heavy atom. The largest absolute Gasteiger partial charge is 0.341 e. The van der Waals surface area contributed by atoms with Crippen molar-refractivity contribution in [3.8, 4) is 0 Å². The number of fused-ring (bicyclic) bond motifs is 3. The van der Waals surface area contributed by atoms with Crippen molar-refractivity contribution in [2.45, 2.75) is 38.3 Å². The van der Waals surface area contributed by atoms with E-state index in [9.17, 15) is 0 Å². The molecule has 1 N–H and O–H groups in total. The van der Waals surface area contributed by atoms with Gasteiger partial charge in [-0.3, -0.25) is 4.90 Å². The standard InChI is InChI=1S/C21H23N3/c1-2-6-17-12-18-10-9-15(11-16(17)5-1)13-24(18)14-21-22-19-7-3-4-8-20(19)23-21/h1-8,15,18H,9-14H2,(H,22,23). The Labute approximate surface area is 142 Å². The van der Waals surface area contributed by atoms with Crippen LogP contribution in [0.4, 0.5) is 0 Å². The molecule has 2 unspecified atom stereocenters. The summed E-state index contributed by atoms with van der Waals surface area (Å²) >= 11 is 0. The van der Waals surface area contributed by atoms with Crippen LogP contribution in [0.25, 0.3) is 11.0 Å². The van der Waals surface area contributed by atoms with Crippen molar-refractivity contribution < 1.29 is 0 Å². The Kier molecular flexibility index (Phi) is 3.41. The van der Waals surface area contributed by atoms with Crippen molar-refractivity contribution in [1.82, 2.24) is 14.9 Å². The minimum absolute atomic E-state index is 0.649. The normalized spacial score (nSPS) is 23.8. The van der Waals surface area contributed by atoms with Crippen LogP contribution in [0, 0.1) is 5.92 Å². The molecule has 1 fully saturated rings. The highest BCUT2D eigenvalue weighted by atomic mass is 15.2. The third-order valence-electron chi connectivity index (χ3n) is 5.79. The van der Waals surface area contributed by atoms with Gasteiger partial charge in [-0.05, 0) is 54.9 Å². The van der Waals surface area contributed by atoms with Crippen LogP contribution in [-0.2, 0) is 19.4 Å². The SMILES string of the molecule is c1ccc2c(c1)CC1CCC(C2)N(Cc2nc3ccccc3[nH]2)C1. The molecule has 1 saturated heterocycles. The predicted molar refractivity (Wildman–Crippen MR) is 96.9 cm³/mol. The van der Waals surface area contributed by atoms with Crippen LogP contribution in [0.3, 0.4) is 0 Å². The summed E-state index contributed by atoms with van der Waals surface area (Å²) in [6.45, 7) is 2.15. The third kappa shape index (κ3) is 2.53. The van der Waals surface area contributed by atoms with Crippen molar-refractivity contribution in [2.24, 2.45) is 5.92 Å². The quantitative estimate of drug-likeness (QED) is 0.776. The van der Waals surface area contributed by atoms with Gasteiger partial charge in [-0.2, -0.15) is 0 Å². The maximum atomic E-state index is 4.79. The number of hydrogen-bond donors (Lipinski definition) is 1. The number of rotatable bonds is 2. The molecular formula is C21H23N3. The van der Waals surface area contributed by atoms with E-state index in [4.69, 9.17) is 4.98 Å². The smallest absolute Gasteiger partial charge is 0.121 e. The second-order valence-electron chi connectivity index (χ2n) is 7.40. The Bertz CT molecular complexity index is 833. The fourth-order valence-electron chi connectivity index (χ4n) is 4.57. The first kappa shape index (κ1) is 14.2. The van der Waals surface area contributed by atoms with E-state index >= 15 is 0 Å². The molecule has 0 spiro atoms. The zero-order chi connectivity index (χ0) is 15.9. The maximum Gasteiger partial charge on any atom is 0.121 e. The molecule has 3 aromatic rings. The number of piperidine rings is 1. The fourth-order valence-corrected chi connectivity index (χ4v) is 4.57. The number of nitrogens with zero attached hydrogens (tertiary/aromatic N) is 2. The van der Waals surface area contributed by atoms with Gasteiger partial charge in [0, 0.05) is 12.6 Å². The van der Waals surface area contributed by atoms with E-state index in [0.717, 1.165) is 29.3 Å². The van der Waals surface area contributed by atoms with Gasteiger partial charge in [0.15, 0.2) is 0 Å². The Hall–Kier alpha value is -2.13. The first-order chi connectivity index (χ1) is 11.8. The third-order valence-corrected chi connectivity index (χ3v) is 5.79. The average Bonchev–Trinajstić information content (AvgIpc) is 2.98. The van der Waals surface area contributed by atoms with Crippen LogP contribution < -0.4 is 0 Å². The van der Waals surface area contributed by atoms with Gasteiger partial charge in [-0.15, -0.1) is 0 Å². The molecule has 3 heteroatoms.